The van der Waals surface area contributed by atoms with E-state index in [-0.39, 0.29) is 5.75 Å². The summed E-state index contributed by atoms with van der Waals surface area (Å²) >= 11 is 3.82. The molecule has 4 atom stereocenters. The zero-order valence-corrected chi connectivity index (χ0v) is 17.2. The van der Waals surface area contributed by atoms with Gasteiger partial charge in [-0.15, -0.1) is 0 Å². The molecule has 15 heteroatoms. The van der Waals surface area contributed by atoms with Crippen molar-refractivity contribution in [3.63, 3.8) is 0 Å². The molecular formula is C16H26N4O10S. The SMILES string of the molecule is NC(CS)C(=O)NC(CO)C(=O)NC(CCC(=O)O)C(=O)NC(CCC(=O)O)C(=O)O. The number of aliphatic carboxylic acids is 3. The molecule has 0 aromatic rings. The lowest BCUT2D eigenvalue weighted by molar-refractivity contribution is -0.144. The van der Waals surface area contributed by atoms with Gasteiger partial charge in [0, 0.05) is 18.6 Å². The third-order valence-electron chi connectivity index (χ3n) is 3.89. The molecule has 0 bridgehead atoms. The Bertz CT molecular complexity index is 689. The zero-order valence-electron chi connectivity index (χ0n) is 16.3. The van der Waals surface area contributed by atoms with Crippen molar-refractivity contribution in [2.75, 3.05) is 12.4 Å². The predicted molar refractivity (Wildman–Crippen MR) is 106 cm³/mol. The van der Waals surface area contributed by atoms with E-state index >= 15 is 0 Å². The van der Waals surface area contributed by atoms with Crippen LogP contribution in [0.2, 0.25) is 0 Å². The first-order valence-corrected chi connectivity index (χ1v) is 9.60. The first-order valence-electron chi connectivity index (χ1n) is 8.97. The van der Waals surface area contributed by atoms with Crippen LogP contribution in [0.15, 0.2) is 0 Å². The molecule has 0 fully saturated rings. The fraction of sp³-hybridized carbons (Fsp3) is 0.625. The van der Waals surface area contributed by atoms with E-state index in [9.17, 15) is 33.9 Å². The molecule has 0 spiro atoms. The Morgan fingerprint density at radius 3 is 1.58 bits per heavy atom. The quantitative estimate of drug-likeness (QED) is 0.107. The highest BCUT2D eigenvalue weighted by Crippen LogP contribution is 2.04. The number of carbonyl (C=O) groups is 6. The number of carboxylic acid groups (broad SMARTS) is 3. The highest BCUT2D eigenvalue weighted by atomic mass is 32.1. The number of hydrogen-bond acceptors (Lipinski definition) is 9. The van der Waals surface area contributed by atoms with E-state index in [1.54, 1.807) is 0 Å². The number of nitrogens with one attached hydrogen (secondary N) is 3. The monoisotopic (exact) mass is 466 g/mol. The highest BCUT2D eigenvalue weighted by Gasteiger charge is 2.30. The Labute approximate surface area is 182 Å². The smallest absolute Gasteiger partial charge is 0.326 e. The molecular weight excluding hydrogens is 440 g/mol. The lowest BCUT2D eigenvalue weighted by Crippen LogP contribution is -2.58. The summed E-state index contributed by atoms with van der Waals surface area (Å²) in [6, 6.07) is -5.75. The van der Waals surface area contributed by atoms with Gasteiger partial charge in [0.2, 0.25) is 17.7 Å². The average Bonchev–Trinajstić information content (AvgIpc) is 2.70. The van der Waals surface area contributed by atoms with Crippen LogP contribution < -0.4 is 21.7 Å². The summed E-state index contributed by atoms with van der Waals surface area (Å²) < 4.78 is 0. The minimum Gasteiger partial charge on any atom is -0.481 e. The highest BCUT2D eigenvalue weighted by molar-refractivity contribution is 7.80. The summed E-state index contributed by atoms with van der Waals surface area (Å²) in [5.74, 6) is -7.12. The molecule has 0 aromatic heterocycles. The van der Waals surface area contributed by atoms with Gasteiger partial charge < -0.3 is 42.1 Å². The summed E-state index contributed by atoms with van der Waals surface area (Å²) in [7, 11) is 0. The van der Waals surface area contributed by atoms with Crippen LogP contribution in [0.5, 0.6) is 0 Å². The van der Waals surface area contributed by atoms with Gasteiger partial charge in [-0.2, -0.15) is 12.6 Å². The van der Waals surface area contributed by atoms with Gasteiger partial charge in [-0.05, 0) is 12.8 Å². The molecule has 31 heavy (non-hydrogen) atoms. The van der Waals surface area contributed by atoms with Crippen LogP contribution in [-0.2, 0) is 28.8 Å². The summed E-state index contributed by atoms with van der Waals surface area (Å²) in [6.45, 7) is -0.875. The maximum atomic E-state index is 12.4. The van der Waals surface area contributed by atoms with Crippen LogP contribution in [0.4, 0.5) is 0 Å². The molecule has 0 aromatic carbocycles. The number of amides is 3. The third kappa shape index (κ3) is 11.2. The first-order chi connectivity index (χ1) is 14.4. The standard InChI is InChI=1S/C16H26N4O10S/c17-7(6-31)13(26)20-10(5-21)15(28)18-8(1-3-11(22)23)14(27)19-9(16(29)30)2-4-12(24)25/h7-10,21,31H,1-6,17H2,(H,18,28)(H,19,27)(H,20,26)(H,22,23)(H,24,25)(H,29,30). The van der Waals surface area contributed by atoms with Gasteiger partial charge in [0.1, 0.15) is 18.1 Å². The summed E-state index contributed by atoms with van der Waals surface area (Å²) in [6.07, 6.45) is -2.04. The van der Waals surface area contributed by atoms with Gasteiger partial charge in [-0.3, -0.25) is 24.0 Å². The second kappa shape index (κ2) is 14.2. The Morgan fingerprint density at radius 2 is 1.16 bits per heavy atom. The van der Waals surface area contributed by atoms with Crippen LogP contribution in [0, 0.1) is 0 Å². The van der Waals surface area contributed by atoms with Gasteiger partial charge in [0.25, 0.3) is 0 Å². The van der Waals surface area contributed by atoms with Crippen molar-refractivity contribution < 1.29 is 49.2 Å². The molecule has 4 unspecified atom stereocenters. The van der Waals surface area contributed by atoms with Crippen molar-refractivity contribution >= 4 is 48.3 Å². The van der Waals surface area contributed by atoms with E-state index in [0.717, 1.165) is 0 Å². The second-order valence-corrected chi connectivity index (χ2v) is 6.72. The maximum absolute atomic E-state index is 12.4. The zero-order chi connectivity index (χ0) is 24.1. The van der Waals surface area contributed by atoms with Gasteiger partial charge in [0.15, 0.2) is 0 Å². The van der Waals surface area contributed by atoms with E-state index in [0.29, 0.717) is 0 Å². The number of carboxylic acids is 3. The molecule has 0 aliphatic heterocycles. The number of rotatable bonds is 15. The van der Waals surface area contributed by atoms with Crippen LogP contribution >= 0.6 is 12.6 Å². The number of hydrogen-bond donors (Lipinski definition) is 9. The Kier molecular flexibility index (Phi) is 12.8. The number of aliphatic hydroxyl groups is 1. The van der Waals surface area contributed by atoms with Crippen LogP contribution in [-0.4, -0.2) is 92.6 Å². The molecule has 0 saturated carbocycles. The van der Waals surface area contributed by atoms with Crippen molar-refractivity contribution in [2.24, 2.45) is 5.73 Å². The fourth-order valence-corrected chi connectivity index (χ4v) is 2.33. The van der Waals surface area contributed by atoms with Crippen molar-refractivity contribution in [2.45, 2.75) is 49.9 Å². The van der Waals surface area contributed by atoms with Crippen LogP contribution in [0.1, 0.15) is 25.7 Å². The fourth-order valence-electron chi connectivity index (χ4n) is 2.16. The summed E-state index contributed by atoms with van der Waals surface area (Å²) in [5, 5.41) is 42.3. The Balaban J connectivity index is 5.33. The predicted octanol–water partition coefficient (Wildman–Crippen LogP) is -3.50. The molecule has 0 aliphatic rings. The minimum absolute atomic E-state index is 0.0534. The van der Waals surface area contributed by atoms with E-state index in [1.165, 1.54) is 0 Å². The normalized spacial score (nSPS) is 14.4. The number of carbonyl (C=O) groups excluding carboxylic acids is 3. The largest absolute Gasteiger partial charge is 0.481 e. The van der Waals surface area contributed by atoms with E-state index < -0.39 is 92.1 Å². The summed E-state index contributed by atoms with van der Waals surface area (Å²) in [4.78, 5) is 69.3. The van der Waals surface area contributed by atoms with Gasteiger partial charge in [-0.1, -0.05) is 0 Å². The van der Waals surface area contributed by atoms with Gasteiger partial charge >= 0.3 is 17.9 Å². The number of nitrogens with two attached hydrogens (primary N) is 1. The average molecular weight is 466 g/mol. The minimum atomic E-state index is -1.60. The van der Waals surface area contributed by atoms with Gasteiger partial charge in [-0.25, -0.2) is 4.79 Å². The van der Waals surface area contributed by atoms with Gasteiger partial charge in [0.05, 0.1) is 12.6 Å². The van der Waals surface area contributed by atoms with Crippen molar-refractivity contribution in [3.05, 3.63) is 0 Å². The van der Waals surface area contributed by atoms with Crippen LogP contribution in [0.25, 0.3) is 0 Å². The van der Waals surface area contributed by atoms with E-state index in [1.807, 2.05) is 5.32 Å². The lowest BCUT2D eigenvalue weighted by atomic mass is 10.1. The summed E-state index contributed by atoms with van der Waals surface area (Å²) in [5.41, 5.74) is 5.45. The molecule has 0 aliphatic carbocycles. The molecule has 0 heterocycles. The molecule has 0 saturated heterocycles. The van der Waals surface area contributed by atoms with Crippen molar-refractivity contribution in [1.82, 2.24) is 16.0 Å². The topological polar surface area (TPSA) is 245 Å². The Hall–Kier alpha value is -2.91. The Morgan fingerprint density at radius 1 is 0.742 bits per heavy atom. The van der Waals surface area contributed by atoms with E-state index in [2.05, 4.69) is 23.3 Å². The molecule has 9 N–H and O–H groups in total. The molecule has 14 nitrogen and oxygen atoms in total. The maximum Gasteiger partial charge on any atom is 0.326 e. The van der Waals surface area contributed by atoms with Crippen LogP contribution in [0.3, 0.4) is 0 Å². The molecule has 0 radical (unpaired) electrons. The molecule has 3 amide bonds. The second-order valence-electron chi connectivity index (χ2n) is 6.36. The third-order valence-corrected chi connectivity index (χ3v) is 4.28. The number of aliphatic hydroxyl groups excluding tert-OH is 1. The first kappa shape index (κ1) is 28.1. The number of thiol groups is 1. The van der Waals surface area contributed by atoms with Crippen molar-refractivity contribution in [3.8, 4) is 0 Å². The van der Waals surface area contributed by atoms with E-state index in [4.69, 9.17) is 21.1 Å². The molecule has 0 rings (SSSR count). The lowest BCUT2D eigenvalue weighted by Gasteiger charge is -2.24. The molecule has 176 valence electrons. The van der Waals surface area contributed by atoms with Crippen molar-refractivity contribution in [1.29, 1.82) is 0 Å².